The van der Waals surface area contributed by atoms with Gasteiger partial charge in [-0.25, -0.2) is 18.4 Å². The topological polar surface area (TPSA) is 98.3 Å². The second-order valence-corrected chi connectivity index (χ2v) is 11.0. The van der Waals surface area contributed by atoms with Crippen LogP contribution < -0.4 is 15.8 Å². The average molecular weight is 577 g/mol. The first-order chi connectivity index (χ1) is 19.6. The number of nitrogens with two attached hydrogens (primary N) is 1. The van der Waals surface area contributed by atoms with Crippen molar-refractivity contribution in [2.45, 2.75) is 33.6 Å². The second kappa shape index (κ2) is 11.6. The van der Waals surface area contributed by atoms with E-state index in [2.05, 4.69) is 45.4 Å². The molecule has 0 bridgehead atoms. The van der Waals surface area contributed by atoms with Crippen LogP contribution in [-0.2, 0) is 0 Å². The average Bonchev–Trinajstić information content (AvgIpc) is 3.58. The van der Waals surface area contributed by atoms with Crippen molar-refractivity contribution >= 4 is 23.5 Å². The molecule has 3 heterocycles. The fourth-order valence-corrected chi connectivity index (χ4v) is 5.61. The summed E-state index contributed by atoms with van der Waals surface area (Å²) in [5, 5.41) is 7.52. The number of nitrogens with one attached hydrogen (secondary N) is 1. The Bertz CT molecular complexity index is 1620. The van der Waals surface area contributed by atoms with Crippen LogP contribution in [0.3, 0.4) is 0 Å². The van der Waals surface area contributed by atoms with Crippen LogP contribution in [0.25, 0.3) is 5.69 Å². The number of rotatable bonds is 8. The molecule has 1 aliphatic heterocycles. The molecule has 212 valence electrons. The van der Waals surface area contributed by atoms with E-state index in [0.717, 1.165) is 54.2 Å². The summed E-state index contributed by atoms with van der Waals surface area (Å²) in [7, 11) is 0. The molecule has 0 unspecified atom stereocenters. The highest BCUT2D eigenvalue weighted by molar-refractivity contribution is 7.97. The molecule has 1 aliphatic carbocycles. The van der Waals surface area contributed by atoms with Crippen molar-refractivity contribution in [2.24, 2.45) is 0 Å². The Kier molecular flexibility index (Phi) is 7.98. The largest absolute Gasteiger partial charge is 0.433 e. The minimum Gasteiger partial charge on any atom is -0.433 e. The Morgan fingerprint density at radius 2 is 1.95 bits per heavy atom. The van der Waals surface area contributed by atoms with Gasteiger partial charge in [-0.1, -0.05) is 18.7 Å². The summed E-state index contributed by atoms with van der Waals surface area (Å²) in [6.07, 6.45) is 8.94. The van der Waals surface area contributed by atoms with E-state index >= 15 is 0 Å². The van der Waals surface area contributed by atoms with Crippen LogP contribution in [0.2, 0.25) is 0 Å². The van der Waals surface area contributed by atoms with Crippen LogP contribution in [0, 0.1) is 18.6 Å². The summed E-state index contributed by atoms with van der Waals surface area (Å²) in [6.45, 7) is 10.8. The van der Waals surface area contributed by atoms with Crippen molar-refractivity contribution in [3.8, 4) is 17.3 Å². The fourth-order valence-electron chi connectivity index (χ4n) is 4.54. The van der Waals surface area contributed by atoms with Crippen LogP contribution in [0.15, 0.2) is 83.6 Å². The number of para-hydroxylation sites is 1. The number of hydrogen-bond donors (Lipinski definition) is 2. The van der Waals surface area contributed by atoms with Gasteiger partial charge < -0.3 is 20.1 Å². The SMILES string of the molecule is C=C(NC1=C(C)CC=C(C)C(N2CCCS2)=C1)C(=O)c1cnn(-c2cnc(Oc3c(F)cccc3F)cc2C)c1N. The Morgan fingerprint density at radius 1 is 1.20 bits per heavy atom. The number of allylic oxidation sites excluding steroid dienone is 5. The van der Waals surface area contributed by atoms with Crippen molar-refractivity contribution in [1.29, 1.82) is 0 Å². The minimum atomic E-state index is -0.843. The van der Waals surface area contributed by atoms with Crippen molar-refractivity contribution in [2.75, 3.05) is 18.0 Å². The van der Waals surface area contributed by atoms with E-state index in [1.54, 1.807) is 18.9 Å². The third-order valence-electron chi connectivity index (χ3n) is 6.90. The number of carbonyl (C=O) groups excluding carboxylic acids is 1. The molecule has 1 saturated heterocycles. The summed E-state index contributed by atoms with van der Waals surface area (Å²) >= 11 is 1.80. The molecular formula is C30H30F2N6O2S. The third-order valence-corrected chi connectivity index (χ3v) is 8.07. The number of hydrogen-bond acceptors (Lipinski definition) is 8. The van der Waals surface area contributed by atoms with Gasteiger partial charge in [-0.05, 0) is 80.5 Å². The number of nitrogens with zero attached hydrogens (tertiary/aromatic N) is 4. The van der Waals surface area contributed by atoms with Gasteiger partial charge in [0.25, 0.3) is 0 Å². The molecule has 2 aliphatic rings. The summed E-state index contributed by atoms with van der Waals surface area (Å²) in [4.78, 5) is 17.6. The zero-order valence-corrected chi connectivity index (χ0v) is 23.8. The van der Waals surface area contributed by atoms with Crippen LogP contribution in [0.1, 0.15) is 42.6 Å². The van der Waals surface area contributed by atoms with E-state index in [1.807, 2.05) is 6.92 Å². The molecule has 1 fully saturated rings. The molecule has 8 nitrogen and oxygen atoms in total. The number of aryl methyl sites for hydroxylation is 1. The zero-order valence-electron chi connectivity index (χ0n) is 23.0. The smallest absolute Gasteiger partial charge is 0.219 e. The monoisotopic (exact) mass is 576 g/mol. The summed E-state index contributed by atoms with van der Waals surface area (Å²) in [6, 6.07) is 4.94. The summed E-state index contributed by atoms with van der Waals surface area (Å²) in [5.74, 6) is -1.45. The number of ketones is 1. The highest BCUT2D eigenvalue weighted by atomic mass is 32.2. The van der Waals surface area contributed by atoms with Gasteiger partial charge in [0.2, 0.25) is 17.4 Å². The Labute approximate surface area is 241 Å². The van der Waals surface area contributed by atoms with E-state index in [9.17, 15) is 13.6 Å². The van der Waals surface area contributed by atoms with Crippen molar-refractivity contribution in [1.82, 2.24) is 24.4 Å². The normalized spacial score (nSPS) is 15.4. The van der Waals surface area contributed by atoms with Crippen LogP contribution in [0.4, 0.5) is 14.6 Å². The molecule has 2 aromatic heterocycles. The number of benzene rings is 1. The highest BCUT2D eigenvalue weighted by Gasteiger charge is 2.23. The molecule has 3 N–H and O–H groups in total. The lowest BCUT2D eigenvalue weighted by Gasteiger charge is -2.21. The van der Waals surface area contributed by atoms with E-state index in [1.165, 1.54) is 34.8 Å². The molecule has 5 rings (SSSR count). The van der Waals surface area contributed by atoms with Gasteiger partial charge in [0.15, 0.2) is 11.6 Å². The number of anilines is 1. The second-order valence-electron chi connectivity index (χ2n) is 9.85. The molecule has 1 aromatic carbocycles. The molecule has 0 spiro atoms. The number of carbonyl (C=O) groups is 1. The molecule has 0 saturated carbocycles. The Balaban J connectivity index is 1.35. The molecule has 0 atom stereocenters. The Hall–Kier alpha value is -4.38. The van der Waals surface area contributed by atoms with Gasteiger partial charge in [0.1, 0.15) is 5.82 Å². The van der Waals surface area contributed by atoms with E-state index in [4.69, 9.17) is 10.5 Å². The standard InChI is InChI=1S/C30H30F2N6O2S/c1-17-9-10-18(2)25(37-11-6-12-41-37)14-24(17)36-20(4)28(39)21-15-35-38(30(21)33)26-16-34-27(13-19(26)3)40-29-22(31)7-5-8-23(29)32/h5,7-8,10,13-16,36H,4,6,9,11-12,33H2,1-3H3. The first-order valence-corrected chi connectivity index (χ1v) is 14.0. The van der Waals surface area contributed by atoms with Gasteiger partial charge in [0, 0.05) is 24.1 Å². The fraction of sp³-hybridized carbons (Fsp3) is 0.233. The first kappa shape index (κ1) is 28.2. The molecule has 0 radical (unpaired) electrons. The van der Waals surface area contributed by atoms with Gasteiger partial charge >= 0.3 is 0 Å². The minimum absolute atomic E-state index is 0.00798. The van der Waals surface area contributed by atoms with Crippen LogP contribution in [-0.4, -0.2) is 37.2 Å². The van der Waals surface area contributed by atoms with Gasteiger partial charge in [-0.15, -0.1) is 0 Å². The molecule has 41 heavy (non-hydrogen) atoms. The van der Waals surface area contributed by atoms with Gasteiger partial charge in [0.05, 0.1) is 35.0 Å². The zero-order chi connectivity index (χ0) is 29.3. The van der Waals surface area contributed by atoms with E-state index < -0.39 is 23.2 Å². The molecule has 3 aromatic rings. The van der Waals surface area contributed by atoms with Crippen LogP contribution >= 0.6 is 11.9 Å². The van der Waals surface area contributed by atoms with Crippen molar-refractivity contribution in [3.63, 3.8) is 0 Å². The first-order valence-electron chi connectivity index (χ1n) is 13.1. The van der Waals surface area contributed by atoms with Crippen LogP contribution in [0.5, 0.6) is 11.6 Å². The quantitative estimate of drug-likeness (QED) is 0.181. The highest BCUT2D eigenvalue weighted by Crippen LogP contribution is 2.33. The predicted molar refractivity (Wildman–Crippen MR) is 156 cm³/mol. The third kappa shape index (κ3) is 5.76. The number of ether oxygens (including phenoxy) is 1. The van der Waals surface area contributed by atoms with E-state index in [0.29, 0.717) is 11.3 Å². The van der Waals surface area contributed by atoms with Crippen molar-refractivity contribution in [3.05, 3.63) is 106 Å². The molecule has 11 heteroatoms. The lowest BCUT2D eigenvalue weighted by Crippen LogP contribution is -2.21. The maximum Gasteiger partial charge on any atom is 0.219 e. The summed E-state index contributed by atoms with van der Waals surface area (Å²) in [5.41, 5.74) is 12.0. The van der Waals surface area contributed by atoms with Crippen molar-refractivity contribution < 1.29 is 18.3 Å². The number of pyridine rings is 1. The molecular weight excluding hydrogens is 546 g/mol. The lowest BCUT2D eigenvalue weighted by molar-refractivity contribution is 0.103. The lowest BCUT2D eigenvalue weighted by atomic mass is 10.1. The maximum atomic E-state index is 14.0. The Morgan fingerprint density at radius 3 is 2.63 bits per heavy atom. The molecule has 0 amide bonds. The number of Topliss-reactive ketones (excluding diaryl/α,β-unsaturated/α-hetero) is 1. The number of halogens is 2. The predicted octanol–water partition coefficient (Wildman–Crippen LogP) is 6.38. The number of nitrogen functional groups attached to an aromatic ring is 1. The van der Waals surface area contributed by atoms with Gasteiger partial charge in [-0.3, -0.25) is 4.79 Å². The number of aromatic nitrogens is 3. The van der Waals surface area contributed by atoms with E-state index in [-0.39, 0.29) is 23.0 Å². The summed E-state index contributed by atoms with van der Waals surface area (Å²) < 4.78 is 37.0. The van der Waals surface area contributed by atoms with Gasteiger partial charge in [-0.2, -0.15) is 5.10 Å². The maximum absolute atomic E-state index is 14.0.